The zero-order valence-corrected chi connectivity index (χ0v) is 17.0. The second-order valence-electron chi connectivity index (χ2n) is 6.52. The number of nitrogens with two attached hydrogens (primary N) is 1. The number of aromatic nitrogens is 1. The summed E-state index contributed by atoms with van der Waals surface area (Å²) in [7, 11) is 0. The molecule has 1 amide bonds. The van der Waals surface area contributed by atoms with Crippen LogP contribution in [0.4, 0.5) is 0 Å². The Balaban J connectivity index is 0.000000892. The Morgan fingerprint density at radius 2 is 2.00 bits per heavy atom. The molecule has 2 rings (SSSR count). The van der Waals surface area contributed by atoms with Gasteiger partial charge in [-0.2, -0.15) is 0 Å². The molecule has 6 nitrogen and oxygen atoms in total. The number of rotatable bonds is 6. The van der Waals surface area contributed by atoms with Crippen molar-refractivity contribution >= 4 is 18.6 Å². The summed E-state index contributed by atoms with van der Waals surface area (Å²) in [4.78, 5) is 13.3. The maximum absolute atomic E-state index is 8.81. The van der Waals surface area contributed by atoms with Gasteiger partial charge in [0.25, 0.3) is 0 Å². The average Bonchev–Trinajstić information content (AvgIpc) is 2.73. The fourth-order valence-corrected chi connectivity index (χ4v) is 2.91. The van der Waals surface area contributed by atoms with Gasteiger partial charge < -0.3 is 11.1 Å². The highest BCUT2D eigenvalue weighted by Crippen LogP contribution is 2.20. The number of carbonyl (C=O) groups is 1. The van der Waals surface area contributed by atoms with Crippen LogP contribution in [0.1, 0.15) is 43.5 Å². The average molecular weight is 385 g/mol. The molecule has 28 heavy (non-hydrogen) atoms. The monoisotopic (exact) mass is 384 g/mol. The first-order chi connectivity index (χ1) is 13.5. The molecule has 0 aliphatic carbocycles. The smallest absolute Gasteiger partial charge is 0.230 e. The summed E-state index contributed by atoms with van der Waals surface area (Å²) in [6.07, 6.45) is 16.8. The SMILES string of the molecule is C/C=C\c1ncc(C)cc1/C=C/C(=C/C)/C=C(\N)C1CCNCC1.O=CNO. The van der Waals surface area contributed by atoms with Crippen LogP contribution in [0.15, 0.2) is 47.8 Å². The van der Waals surface area contributed by atoms with Crippen molar-refractivity contribution in [1.29, 1.82) is 0 Å². The maximum Gasteiger partial charge on any atom is 0.230 e. The number of pyridine rings is 1. The summed E-state index contributed by atoms with van der Waals surface area (Å²) in [5, 5.41) is 10.6. The second kappa shape index (κ2) is 13.5. The van der Waals surface area contributed by atoms with Crippen molar-refractivity contribution in [2.24, 2.45) is 11.7 Å². The molecule has 1 aliphatic heterocycles. The molecular formula is C22H32N4O2. The van der Waals surface area contributed by atoms with E-state index in [9.17, 15) is 0 Å². The maximum atomic E-state index is 8.81. The number of hydrogen-bond donors (Lipinski definition) is 4. The third-order valence-electron chi connectivity index (χ3n) is 4.40. The van der Waals surface area contributed by atoms with Gasteiger partial charge in [0.1, 0.15) is 0 Å². The zero-order chi connectivity index (χ0) is 20.8. The van der Waals surface area contributed by atoms with Crippen LogP contribution in [-0.2, 0) is 4.79 Å². The van der Waals surface area contributed by atoms with Crippen molar-refractivity contribution in [3.63, 3.8) is 0 Å². The van der Waals surface area contributed by atoms with Crippen LogP contribution in [0.2, 0.25) is 0 Å². The van der Waals surface area contributed by atoms with Crippen LogP contribution in [0, 0.1) is 12.8 Å². The van der Waals surface area contributed by atoms with Gasteiger partial charge in [0.2, 0.25) is 6.41 Å². The molecule has 5 N–H and O–H groups in total. The Labute approximate surface area is 167 Å². The highest BCUT2D eigenvalue weighted by molar-refractivity contribution is 5.65. The van der Waals surface area contributed by atoms with Crippen molar-refractivity contribution in [1.82, 2.24) is 15.8 Å². The lowest BCUT2D eigenvalue weighted by Gasteiger charge is -2.23. The topological polar surface area (TPSA) is 100 Å². The van der Waals surface area contributed by atoms with Crippen LogP contribution >= 0.6 is 0 Å². The number of nitrogens with one attached hydrogen (secondary N) is 2. The quantitative estimate of drug-likeness (QED) is 0.261. The van der Waals surface area contributed by atoms with E-state index in [2.05, 4.69) is 47.6 Å². The molecule has 1 aromatic rings. The van der Waals surface area contributed by atoms with Crippen LogP contribution in [-0.4, -0.2) is 29.7 Å². The van der Waals surface area contributed by atoms with Gasteiger partial charge in [-0.3, -0.25) is 15.0 Å². The number of hydroxylamine groups is 1. The minimum atomic E-state index is 0.181. The molecule has 152 valence electrons. The minimum absolute atomic E-state index is 0.181. The molecule has 0 aromatic carbocycles. The lowest BCUT2D eigenvalue weighted by Crippen LogP contribution is -2.30. The summed E-state index contributed by atoms with van der Waals surface area (Å²) in [5.74, 6) is 0.494. The molecule has 1 aromatic heterocycles. The van der Waals surface area contributed by atoms with E-state index in [0.29, 0.717) is 5.92 Å². The highest BCUT2D eigenvalue weighted by atomic mass is 16.5. The van der Waals surface area contributed by atoms with Crippen molar-refractivity contribution in [2.45, 2.75) is 33.6 Å². The number of carbonyl (C=O) groups excluding carboxylic acids is 1. The van der Waals surface area contributed by atoms with E-state index in [-0.39, 0.29) is 6.41 Å². The molecule has 6 heteroatoms. The van der Waals surface area contributed by atoms with E-state index in [0.717, 1.165) is 54.0 Å². The second-order valence-corrected chi connectivity index (χ2v) is 6.52. The van der Waals surface area contributed by atoms with E-state index < -0.39 is 0 Å². The molecule has 0 radical (unpaired) electrons. The van der Waals surface area contributed by atoms with Crippen molar-refractivity contribution in [3.05, 3.63) is 64.7 Å². The lowest BCUT2D eigenvalue weighted by molar-refractivity contribution is -0.116. The minimum Gasteiger partial charge on any atom is -0.402 e. The fourth-order valence-electron chi connectivity index (χ4n) is 2.91. The molecule has 1 fully saturated rings. The number of amides is 1. The van der Waals surface area contributed by atoms with Gasteiger partial charge in [-0.15, -0.1) is 0 Å². The number of piperidine rings is 1. The van der Waals surface area contributed by atoms with Crippen molar-refractivity contribution in [3.8, 4) is 0 Å². The first kappa shape index (κ1) is 23.3. The molecule has 1 aliphatic rings. The fraction of sp³-hybridized carbons (Fsp3) is 0.364. The first-order valence-corrected chi connectivity index (χ1v) is 9.50. The van der Waals surface area contributed by atoms with E-state index in [1.165, 1.54) is 5.48 Å². The van der Waals surface area contributed by atoms with Crippen LogP contribution in [0.3, 0.4) is 0 Å². The summed E-state index contributed by atoms with van der Waals surface area (Å²) >= 11 is 0. The molecular weight excluding hydrogens is 352 g/mol. The van der Waals surface area contributed by atoms with E-state index in [4.69, 9.17) is 15.7 Å². The van der Waals surface area contributed by atoms with E-state index >= 15 is 0 Å². The van der Waals surface area contributed by atoms with Crippen molar-refractivity contribution < 1.29 is 10.0 Å². The molecule has 0 unspecified atom stereocenters. The Hall–Kier alpha value is -2.70. The van der Waals surface area contributed by atoms with Gasteiger partial charge in [-0.05, 0) is 76.1 Å². The van der Waals surface area contributed by atoms with Crippen LogP contribution < -0.4 is 16.5 Å². The van der Waals surface area contributed by atoms with Crippen molar-refractivity contribution in [2.75, 3.05) is 13.1 Å². The normalized spacial score (nSPS) is 16.1. The Bertz CT molecular complexity index is 730. The van der Waals surface area contributed by atoms with Gasteiger partial charge in [-0.25, -0.2) is 5.48 Å². The van der Waals surface area contributed by atoms with Gasteiger partial charge in [-0.1, -0.05) is 24.3 Å². The summed E-state index contributed by atoms with van der Waals surface area (Å²) in [5.41, 5.74) is 13.0. The van der Waals surface area contributed by atoms with E-state index in [1.54, 1.807) is 0 Å². The first-order valence-electron chi connectivity index (χ1n) is 9.50. The van der Waals surface area contributed by atoms with Crippen LogP contribution in [0.5, 0.6) is 0 Å². The molecule has 0 atom stereocenters. The number of nitrogens with zero attached hydrogens (tertiary/aromatic N) is 1. The van der Waals surface area contributed by atoms with Gasteiger partial charge in [0.15, 0.2) is 0 Å². The predicted octanol–water partition coefficient (Wildman–Crippen LogP) is 3.35. The lowest BCUT2D eigenvalue weighted by atomic mass is 9.93. The number of aryl methyl sites for hydroxylation is 1. The predicted molar refractivity (Wildman–Crippen MR) is 115 cm³/mol. The summed E-state index contributed by atoms with van der Waals surface area (Å²) < 4.78 is 0. The largest absolute Gasteiger partial charge is 0.402 e. The number of allylic oxidation sites excluding steroid dienone is 6. The van der Waals surface area contributed by atoms with Gasteiger partial charge >= 0.3 is 0 Å². The zero-order valence-electron chi connectivity index (χ0n) is 17.0. The van der Waals surface area contributed by atoms with Gasteiger partial charge in [0, 0.05) is 23.4 Å². The van der Waals surface area contributed by atoms with Gasteiger partial charge in [0.05, 0.1) is 5.69 Å². The molecule has 2 heterocycles. The Kier molecular flexibility index (Phi) is 11.2. The summed E-state index contributed by atoms with van der Waals surface area (Å²) in [6, 6.07) is 2.16. The molecule has 0 saturated carbocycles. The molecule has 0 spiro atoms. The third-order valence-corrected chi connectivity index (χ3v) is 4.40. The summed E-state index contributed by atoms with van der Waals surface area (Å²) in [6.45, 7) is 8.24. The Morgan fingerprint density at radius 3 is 2.57 bits per heavy atom. The van der Waals surface area contributed by atoms with Crippen LogP contribution in [0.25, 0.3) is 12.2 Å². The Morgan fingerprint density at radius 1 is 1.32 bits per heavy atom. The van der Waals surface area contributed by atoms with E-state index in [1.807, 2.05) is 32.2 Å². The highest BCUT2D eigenvalue weighted by Gasteiger charge is 2.15. The third kappa shape index (κ3) is 8.33. The molecule has 0 bridgehead atoms. The standard InChI is InChI=1S/C21H29N3.CH3NO2/c1-4-6-21-19(13-16(3)15-24-21)8-7-17(5-2)14-20(22)18-9-11-23-12-10-18;3-1-2-4/h4-8,13-15,18,23H,9-12,22H2,1-3H3;1,4H,(H,2,3)/b6-4-,8-7+,17-5-,20-14-;. The number of hydrogen-bond acceptors (Lipinski definition) is 5. The molecule has 1 saturated heterocycles.